The molecule has 0 saturated heterocycles. The lowest BCUT2D eigenvalue weighted by atomic mass is 10.0. The summed E-state index contributed by atoms with van der Waals surface area (Å²) in [5, 5.41) is 14.1. The van der Waals surface area contributed by atoms with Gasteiger partial charge in [-0.05, 0) is 31.2 Å². The number of aryl methyl sites for hydroxylation is 1. The molecule has 2 amide bonds. The van der Waals surface area contributed by atoms with Crippen LogP contribution in [0.5, 0.6) is 0 Å². The quantitative estimate of drug-likeness (QED) is 0.745. The van der Waals surface area contributed by atoms with Gasteiger partial charge in [0.05, 0.1) is 12.5 Å². The highest BCUT2D eigenvalue weighted by atomic mass is 16.4. The molecule has 0 aromatic heterocycles. The topological polar surface area (TPSA) is 78.4 Å². The summed E-state index contributed by atoms with van der Waals surface area (Å²) in [4.78, 5) is 22.2. The number of carbonyl (C=O) groups is 2. The van der Waals surface area contributed by atoms with Crippen molar-refractivity contribution in [1.82, 2.24) is 10.6 Å². The molecule has 20 heavy (non-hydrogen) atoms. The Kier molecular flexibility index (Phi) is 4.61. The van der Waals surface area contributed by atoms with Gasteiger partial charge in [-0.2, -0.15) is 0 Å². The Balaban J connectivity index is 1.91. The average Bonchev–Trinajstić information content (AvgIpc) is 3.21. The number of benzene rings is 1. The van der Waals surface area contributed by atoms with Crippen LogP contribution < -0.4 is 10.6 Å². The molecule has 1 aromatic rings. The number of carboxylic acids is 1. The molecular formula is C15H20N2O3. The molecule has 0 heterocycles. The summed E-state index contributed by atoms with van der Waals surface area (Å²) in [6.45, 7) is 2.18. The SMILES string of the molecule is Cc1ccc(C(NC(=O)NCCC(=O)O)C2CC2)cc1. The number of urea groups is 1. The number of hydrogen-bond donors (Lipinski definition) is 3. The van der Waals surface area contributed by atoms with E-state index in [2.05, 4.69) is 10.6 Å². The fraction of sp³-hybridized carbons (Fsp3) is 0.467. The van der Waals surface area contributed by atoms with Gasteiger partial charge in [-0.1, -0.05) is 29.8 Å². The van der Waals surface area contributed by atoms with E-state index in [1.54, 1.807) is 0 Å². The minimum absolute atomic E-state index is 0.0143. The molecular weight excluding hydrogens is 256 g/mol. The van der Waals surface area contributed by atoms with Crippen LogP contribution in [0.1, 0.15) is 36.4 Å². The number of aliphatic carboxylic acids is 1. The monoisotopic (exact) mass is 276 g/mol. The maximum Gasteiger partial charge on any atom is 0.315 e. The van der Waals surface area contributed by atoms with Gasteiger partial charge in [0.25, 0.3) is 0 Å². The van der Waals surface area contributed by atoms with Crippen molar-refractivity contribution in [3.05, 3.63) is 35.4 Å². The van der Waals surface area contributed by atoms with Gasteiger partial charge in [0.1, 0.15) is 0 Å². The van der Waals surface area contributed by atoms with E-state index in [9.17, 15) is 9.59 Å². The van der Waals surface area contributed by atoms with Gasteiger partial charge < -0.3 is 15.7 Å². The minimum atomic E-state index is -0.914. The molecule has 108 valence electrons. The number of carbonyl (C=O) groups excluding carboxylic acids is 1. The summed E-state index contributed by atoms with van der Waals surface area (Å²) in [5.41, 5.74) is 2.29. The number of carboxylic acid groups (broad SMARTS) is 1. The molecule has 0 spiro atoms. The second kappa shape index (κ2) is 6.41. The molecule has 1 saturated carbocycles. The van der Waals surface area contributed by atoms with Crippen LogP contribution in [0.25, 0.3) is 0 Å². The molecule has 1 unspecified atom stereocenters. The van der Waals surface area contributed by atoms with Crippen LogP contribution in [0.2, 0.25) is 0 Å². The maximum absolute atomic E-state index is 11.8. The highest BCUT2D eigenvalue weighted by molar-refractivity contribution is 5.75. The van der Waals surface area contributed by atoms with Crippen molar-refractivity contribution in [3.8, 4) is 0 Å². The number of rotatable bonds is 6. The van der Waals surface area contributed by atoms with Crippen molar-refractivity contribution in [2.75, 3.05) is 6.54 Å². The smallest absolute Gasteiger partial charge is 0.315 e. The van der Waals surface area contributed by atoms with Gasteiger partial charge in [0, 0.05) is 6.54 Å². The normalized spacial score (nSPS) is 15.4. The lowest BCUT2D eigenvalue weighted by Gasteiger charge is -2.19. The molecule has 5 nitrogen and oxygen atoms in total. The first-order chi connectivity index (χ1) is 9.56. The van der Waals surface area contributed by atoms with E-state index < -0.39 is 5.97 Å². The van der Waals surface area contributed by atoms with Gasteiger partial charge in [0.15, 0.2) is 0 Å². The first kappa shape index (κ1) is 14.4. The molecule has 1 fully saturated rings. The molecule has 1 aromatic carbocycles. The lowest BCUT2D eigenvalue weighted by Crippen LogP contribution is -2.39. The van der Waals surface area contributed by atoms with Crippen molar-refractivity contribution >= 4 is 12.0 Å². The summed E-state index contributed by atoms with van der Waals surface area (Å²) < 4.78 is 0. The predicted molar refractivity (Wildman–Crippen MR) is 75.4 cm³/mol. The molecule has 1 atom stereocenters. The summed E-state index contributed by atoms with van der Waals surface area (Å²) in [5.74, 6) is -0.425. The van der Waals surface area contributed by atoms with Crippen LogP contribution in [-0.4, -0.2) is 23.7 Å². The molecule has 5 heteroatoms. The third-order valence-electron chi connectivity index (χ3n) is 3.44. The lowest BCUT2D eigenvalue weighted by molar-refractivity contribution is -0.136. The van der Waals surface area contributed by atoms with Crippen LogP contribution in [0.15, 0.2) is 24.3 Å². The van der Waals surface area contributed by atoms with E-state index >= 15 is 0 Å². The van der Waals surface area contributed by atoms with Crippen molar-refractivity contribution in [2.45, 2.75) is 32.2 Å². The third kappa shape index (κ3) is 4.26. The van der Waals surface area contributed by atoms with Gasteiger partial charge in [-0.3, -0.25) is 4.79 Å². The highest BCUT2D eigenvalue weighted by Crippen LogP contribution is 2.40. The van der Waals surface area contributed by atoms with Crippen molar-refractivity contribution < 1.29 is 14.7 Å². The standard InChI is InChI=1S/C15H20N2O3/c1-10-2-4-11(5-3-10)14(12-6-7-12)17-15(20)16-9-8-13(18)19/h2-5,12,14H,6-9H2,1H3,(H,18,19)(H2,16,17,20). The van der Waals surface area contributed by atoms with Gasteiger partial charge >= 0.3 is 12.0 Å². The van der Waals surface area contributed by atoms with Crippen LogP contribution in [0, 0.1) is 12.8 Å². The zero-order valence-corrected chi connectivity index (χ0v) is 11.6. The summed E-state index contributed by atoms with van der Waals surface area (Å²) in [6, 6.07) is 7.86. The Morgan fingerprint density at radius 3 is 2.50 bits per heavy atom. The number of amides is 2. The Bertz CT molecular complexity index is 480. The molecule has 2 rings (SSSR count). The predicted octanol–water partition coefficient (Wildman–Crippen LogP) is 2.22. The second-order valence-corrected chi connectivity index (χ2v) is 5.27. The number of hydrogen-bond acceptors (Lipinski definition) is 2. The molecule has 1 aliphatic carbocycles. The Hall–Kier alpha value is -2.04. The average molecular weight is 276 g/mol. The third-order valence-corrected chi connectivity index (χ3v) is 3.44. The minimum Gasteiger partial charge on any atom is -0.481 e. The van der Waals surface area contributed by atoms with E-state index in [1.807, 2.05) is 31.2 Å². The Morgan fingerprint density at radius 2 is 1.95 bits per heavy atom. The fourth-order valence-electron chi connectivity index (χ4n) is 2.15. The van der Waals surface area contributed by atoms with E-state index in [0.29, 0.717) is 5.92 Å². The summed E-state index contributed by atoms with van der Waals surface area (Å²) >= 11 is 0. The zero-order chi connectivity index (χ0) is 14.5. The molecule has 3 N–H and O–H groups in total. The van der Waals surface area contributed by atoms with Crippen LogP contribution >= 0.6 is 0 Å². The first-order valence-corrected chi connectivity index (χ1v) is 6.89. The zero-order valence-electron chi connectivity index (χ0n) is 11.6. The summed E-state index contributed by atoms with van der Waals surface area (Å²) in [6.07, 6.45) is 2.17. The van der Waals surface area contributed by atoms with E-state index in [4.69, 9.17) is 5.11 Å². The van der Waals surface area contributed by atoms with Crippen molar-refractivity contribution in [2.24, 2.45) is 5.92 Å². The Morgan fingerprint density at radius 1 is 1.30 bits per heavy atom. The highest BCUT2D eigenvalue weighted by Gasteiger charge is 2.33. The first-order valence-electron chi connectivity index (χ1n) is 6.89. The van der Waals surface area contributed by atoms with E-state index in [1.165, 1.54) is 5.56 Å². The van der Waals surface area contributed by atoms with Crippen molar-refractivity contribution in [3.63, 3.8) is 0 Å². The van der Waals surface area contributed by atoms with Gasteiger partial charge in [0.2, 0.25) is 0 Å². The molecule has 0 aliphatic heterocycles. The Labute approximate surface area is 118 Å². The van der Waals surface area contributed by atoms with E-state index in [0.717, 1.165) is 18.4 Å². The van der Waals surface area contributed by atoms with Crippen LogP contribution in [-0.2, 0) is 4.79 Å². The van der Waals surface area contributed by atoms with Crippen LogP contribution in [0.3, 0.4) is 0 Å². The fourth-order valence-corrected chi connectivity index (χ4v) is 2.15. The van der Waals surface area contributed by atoms with Crippen LogP contribution in [0.4, 0.5) is 4.79 Å². The van der Waals surface area contributed by atoms with Gasteiger partial charge in [-0.25, -0.2) is 4.79 Å². The van der Waals surface area contributed by atoms with Crippen molar-refractivity contribution in [1.29, 1.82) is 0 Å². The molecule has 0 bridgehead atoms. The maximum atomic E-state index is 11.8. The molecule has 0 radical (unpaired) electrons. The van der Waals surface area contributed by atoms with E-state index in [-0.39, 0.29) is 25.0 Å². The number of nitrogens with one attached hydrogen (secondary N) is 2. The second-order valence-electron chi connectivity index (χ2n) is 5.27. The summed E-state index contributed by atoms with van der Waals surface area (Å²) in [7, 11) is 0. The molecule has 1 aliphatic rings. The largest absolute Gasteiger partial charge is 0.481 e. The van der Waals surface area contributed by atoms with Gasteiger partial charge in [-0.15, -0.1) is 0 Å².